The zero-order valence-corrected chi connectivity index (χ0v) is 9.20. The second kappa shape index (κ2) is 5.59. The maximum Gasteiger partial charge on any atom is 1.00 e. The van der Waals surface area contributed by atoms with Crippen LogP contribution in [-0.4, -0.2) is 57.7 Å². The molecule has 0 amide bonds. The van der Waals surface area contributed by atoms with Crippen LogP contribution in [0.25, 0.3) is 0 Å². The monoisotopic (exact) mass is 202 g/mol. The van der Waals surface area contributed by atoms with Crippen LogP contribution >= 0.6 is 0 Å². The van der Waals surface area contributed by atoms with E-state index >= 15 is 0 Å². The number of rotatable bonds is 1. The predicted octanol–water partition coefficient (Wildman–Crippen LogP) is -6.85. The van der Waals surface area contributed by atoms with Gasteiger partial charge in [0.25, 0.3) is 0 Å². The maximum atomic E-state index is 10.7. The topological polar surface area (TPSA) is 113 Å². The largest absolute Gasteiger partial charge is 1.00 e. The fourth-order valence-corrected chi connectivity index (χ4v) is 1.07. The smallest absolute Gasteiger partial charge is 0.829 e. The number of hydrogen-bond donors (Lipinski definition) is 4. The first-order chi connectivity index (χ1) is 5.57. The second-order valence-corrected chi connectivity index (χ2v) is 2.70. The molecule has 1 unspecified atom stereocenters. The van der Waals surface area contributed by atoms with Crippen molar-refractivity contribution >= 4 is 0 Å². The van der Waals surface area contributed by atoms with Crippen molar-refractivity contribution in [3.8, 4) is 0 Å². The molecule has 0 radical (unpaired) electrons. The number of ether oxygens (including phenoxy) is 1. The molecule has 4 N–H and O–H groups in total. The van der Waals surface area contributed by atoms with Gasteiger partial charge >= 0.3 is 29.6 Å². The van der Waals surface area contributed by atoms with Gasteiger partial charge in [0.2, 0.25) is 0 Å². The van der Waals surface area contributed by atoms with Gasteiger partial charge in [-0.3, -0.25) is 0 Å². The van der Waals surface area contributed by atoms with Crippen LogP contribution in [0, 0.1) is 0 Å². The minimum Gasteiger partial charge on any atom is -0.829 e. The molecule has 0 bridgehead atoms. The van der Waals surface area contributed by atoms with Gasteiger partial charge in [-0.1, -0.05) is 0 Å². The summed E-state index contributed by atoms with van der Waals surface area (Å²) >= 11 is 0. The van der Waals surface area contributed by atoms with E-state index in [0.717, 1.165) is 0 Å². The maximum absolute atomic E-state index is 10.7. The Hall–Kier alpha value is 0.760. The summed E-state index contributed by atoms with van der Waals surface area (Å²) in [6, 6.07) is 0. The van der Waals surface area contributed by atoms with E-state index in [1.807, 2.05) is 0 Å². The van der Waals surface area contributed by atoms with Crippen LogP contribution in [0.3, 0.4) is 0 Å². The van der Waals surface area contributed by atoms with Crippen LogP contribution in [0.2, 0.25) is 0 Å². The molecule has 1 aliphatic rings. The fraction of sp³-hybridized carbons (Fsp3) is 1.00. The second-order valence-electron chi connectivity index (χ2n) is 2.70. The molecule has 0 aromatic rings. The Balaban J connectivity index is 0.00000144. The summed E-state index contributed by atoms with van der Waals surface area (Å²) in [4.78, 5) is 0. The molecule has 0 aromatic carbocycles. The Kier molecular flexibility index (Phi) is 5.92. The van der Waals surface area contributed by atoms with E-state index in [1.165, 1.54) is 0 Å². The Labute approximate surface area is 97.1 Å². The van der Waals surface area contributed by atoms with Gasteiger partial charge in [0, 0.05) is 6.29 Å². The Morgan fingerprint density at radius 3 is 2.08 bits per heavy atom. The average molecular weight is 202 g/mol. The normalized spacial score (nSPS) is 45.5. The molecule has 0 aromatic heterocycles. The summed E-state index contributed by atoms with van der Waals surface area (Å²) in [5.74, 6) is 0. The van der Waals surface area contributed by atoms with Crippen LogP contribution in [0.1, 0.15) is 0 Å². The molecular weight excluding hydrogens is 191 g/mol. The summed E-state index contributed by atoms with van der Waals surface area (Å²) in [7, 11) is 0. The average Bonchev–Trinajstić information content (AvgIpc) is 2.08. The van der Waals surface area contributed by atoms with Crippen molar-refractivity contribution in [1.29, 1.82) is 0 Å². The van der Waals surface area contributed by atoms with Crippen LogP contribution in [0.4, 0.5) is 0 Å². The van der Waals surface area contributed by atoms with Crippen LogP contribution in [0.5, 0.6) is 0 Å². The van der Waals surface area contributed by atoms with Gasteiger partial charge in [0.15, 0.2) is 0 Å². The first kappa shape index (κ1) is 13.8. The van der Waals surface area contributed by atoms with E-state index in [0.29, 0.717) is 0 Å². The van der Waals surface area contributed by atoms with Gasteiger partial charge in [-0.25, -0.2) is 0 Å². The molecule has 0 aliphatic carbocycles. The predicted molar refractivity (Wildman–Crippen MR) is 33.8 cm³/mol. The molecule has 7 heteroatoms. The standard InChI is InChI=1S/C6H11O6.Na/c7-1-2-3(8)4(9)5(10)6(11)12-2;/h2-10H,1H2;/q-1;+1/t2-,3+,4+,5-,6?;/m1./s1. The molecule has 1 heterocycles. The van der Waals surface area contributed by atoms with Crippen LogP contribution < -0.4 is 34.7 Å². The summed E-state index contributed by atoms with van der Waals surface area (Å²) in [5, 5.41) is 46.3. The zero-order chi connectivity index (χ0) is 9.30. The zero-order valence-electron chi connectivity index (χ0n) is 7.20. The van der Waals surface area contributed by atoms with E-state index in [2.05, 4.69) is 4.74 Å². The minimum atomic E-state index is -1.82. The third kappa shape index (κ3) is 2.85. The molecule has 0 spiro atoms. The molecule has 1 rings (SSSR count). The Bertz CT molecular complexity index is 151. The van der Waals surface area contributed by atoms with E-state index in [1.54, 1.807) is 0 Å². The molecule has 1 fully saturated rings. The summed E-state index contributed by atoms with van der Waals surface area (Å²) < 4.78 is 4.46. The Morgan fingerprint density at radius 2 is 1.62 bits per heavy atom. The summed E-state index contributed by atoms with van der Waals surface area (Å²) in [5.41, 5.74) is 0. The first-order valence-corrected chi connectivity index (χ1v) is 3.54. The van der Waals surface area contributed by atoms with E-state index in [-0.39, 0.29) is 29.6 Å². The fourth-order valence-electron chi connectivity index (χ4n) is 1.07. The minimum absolute atomic E-state index is 0. The molecular formula is C6H11NaO6. The van der Waals surface area contributed by atoms with Crippen molar-refractivity contribution < 1.29 is 59.8 Å². The van der Waals surface area contributed by atoms with Crippen molar-refractivity contribution in [3.05, 3.63) is 0 Å². The first-order valence-electron chi connectivity index (χ1n) is 3.54. The third-order valence-electron chi connectivity index (χ3n) is 1.85. The molecule has 1 saturated heterocycles. The molecule has 5 atom stereocenters. The third-order valence-corrected chi connectivity index (χ3v) is 1.85. The number of hydrogen-bond acceptors (Lipinski definition) is 6. The van der Waals surface area contributed by atoms with Crippen molar-refractivity contribution in [2.24, 2.45) is 0 Å². The van der Waals surface area contributed by atoms with Crippen LogP contribution in [-0.2, 0) is 4.74 Å². The molecule has 13 heavy (non-hydrogen) atoms. The van der Waals surface area contributed by atoms with E-state index < -0.39 is 37.3 Å². The van der Waals surface area contributed by atoms with Crippen LogP contribution in [0.15, 0.2) is 0 Å². The van der Waals surface area contributed by atoms with Gasteiger partial charge in [-0.05, 0) is 0 Å². The van der Waals surface area contributed by atoms with Gasteiger partial charge in [-0.2, -0.15) is 0 Å². The Morgan fingerprint density at radius 1 is 1.08 bits per heavy atom. The summed E-state index contributed by atoms with van der Waals surface area (Å²) in [6.07, 6.45) is -7.57. The van der Waals surface area contributed by atoms with E-state index in [9.17, 15) is 5.11 Å². The molecule has 6 nitrogen and oxygen atoms in total. The van der Waals surface area contributed by atoms with Gasteiger partial charge in [-0.15, -0.1) is 0 Å². The SMILES string of the molecule is [Na+].[O-]C1O[C@H](CO)[C@H](O)[C@H](O)[C@H]1O. The number of aliphatic hydroxyl groups excluding tert-OH is 4. The van der Waals surface area contributed by atoms with Crippen molar-refractivity contribution in [3.63, 3.8) is 0 Å². The van der Waals surface area contributed by atoms with Gasteiger partial charge < -0.3 is 30.3 Å². The van der Waals surface area contributed by atoms with Crippen molar-refractivity contribution in [1.82, 2.24) is 0 Å². The summed E-state index contributed by atoms with van der Waals surface area (Å²) in [6.45, 7) is -0.566. The van der Waals surface area contributed by atoms with Crippen molar-refractivity contribution in [2.75, 3.05) is 6.61 Å². The van der Waals surface area contributed by atoms with E-state index in [4.69, 9.17) is 20.4 Å². The van der Waals surface area contributed by atoms with Gasteiger partial charge in [0.1, 0.15) is 18.3 Å². The quantitative estimate of drug-likeness (QED) is 0.314. The molecule has 0 saturated carbocycles. The van der Waals surface area contributed by atoms with Crippen molar-refractivity contribution in [2.45, 2.75) is 30.7 Å². The molecule has 72 valence electrons. The van der Waals surface area contributed by atoms with Gasteiger partial charge in [0.05, 0.1) is 12.7 Å². The molecule has 1 aliphatic heterocycles. The number of aliphatic hydroxyl groups is 4.